The van der Waals surface area contributed by atoms with E-state index in [4.69, 9.17) is 9.47 Å². The van der Waals surface area contributed by atoms with Gasteiger partial charge in [0.25, 0.3) is 11.7 Å². The molecule has 0 unspecified atom stereocenters. The summed E-state index contributed by atoms with van der Waals surface area (Å²) in [6, 6.07) is 12.1. The molecule has 0 aromatic heterocycles. The molecule has 29 heavy (non-hydrogen) atoms. The first-order chi connectivity index (χ1) is 14.0. The van der Waals surface area contributed by atoms with Crippen LogP contribution in [0.5, 0.6) is 11.5 Å². The Kier molecular flexibility index (Phi) is 6.19. The van der Waals surface area contributed by atoms with E-state index in [1.807, 2.05) is 6.92 Å². The Morgan fingerprint density at radius 3 is 2.31 bits per heavy atom. The van der Waals surface area contributed by atoms with E-state index in [0.717, 1.165) is 0 Å². The number of rotatable bonds is 7. The SMILES string of the molecule is CCOc1ccc(C(O)=C2C(=O)C(=O)N(CCOC)[C@H]2c2ccc(O)cc2)cc1. The van der Waals surface area contributed by atoms with Crippen LogP contribution in [0.1, 0.15) is 24.1 Å². The average Bonchev–Trinajstić information content (AvgIpc) is 2.98. The van der Waals surface area contributed by atoms with Gasteiger partial charge in [-0.15, -0.1) is 0 Å². The Morgan fingerprint density at radius 2 is 1.72 bits per heavy atom. The molecule has 0 aliphatic carbocycles. The fourth-order valence-corrected chi connectivity index (χ4v) is 3.33. The second-order valence-corrected chi connectivity index (χ2v) is 6.53. The molecule has 2 aromatic carbocycles. The summed E-state index contributed by atoms with van der Waals surface area (Å²) < 4.78 is 10.5. The monoisotopic (exact) mass is 397 g/mol. The average molecular weight is 397 g/mol. The second kappa shape index (κ2) is 8.79. The Hall–Kier alpha value is -3.32. The number of ketones is 1. The first-order valence-electron chi connectivity index (χ1n) is 9.27. The quantitative estimate of drug-likeness (QED) is 0.424. The van der Waals surface area contributed by atoms with Crippen molar-refractivity contribution in [3.8, 4) is 11.5 Å². The first kappa shape index (κ1) is 20.4. The number of carbonyl (C=O) groups is 2. The van der Waals surface area contributed by atoms with Crippen molar-refractivity contribution in [2.45, 2.75) is 13.0 Å². The molecule has 7 nitrogen and oxygen atoms in total. The minimum atomic E-state index is -0.780. The zero-order chi connectivity index (χ0) is 21.0. The van der Waals surface area contributed by atoms with Crippen molar-refractivity contribution in [3.05, 3.63) is 65.2 Å². The maximum atomic E-state index is 12.8. The maximum absolute atomic E-state index is 12.8. The molecule has 1 aliphatic rings. The Labute approximate surface area is 168 Å². The molecule has 0 radical (unpaired) electrons. The van der Waals surface area contributed by atoms with Gasteiger partial charge in [0.05, 0.1) is 24.8 Å². The topological polar surface area (TPSA) is 96.3 Å². The van der Waals surface area contributed by atoms with E-state index in [-0.39, 0.29) is 30.2 Å². The molecule has 152 valence electrons. The number of phenols is 1. The van der Waals surface area contributed by atoms with Gasteiger partial charge in [-0.2, -0.15) is 0 Å². The minimum Gasteiger partial charge on any atom is -0.508 e. The summed E-state index contributed by atoms with van der Waals surface area (Å²) >= 11 is 0. The summed E-state index contributed by atoms with van der Waals surface area (Å²) in [5.74, 6) is -1.02. The summed E-state index contributed by atoms with van der Waals surface area (Å²) in [5.41, 5.74) is 1.01. The Bertz CT molecular complexity index is 917. The van der Waals surface area contributed by atoms with E-state index in [2.05, 4.69) is 0 Å². The standard InChI is InChI=1S/C22H23NO6/c1-3-29-17-10-6-15(7-11-17)20(25)18-19(14-4-8-16(24)9-5-14)23(12-13-28-2)22(27)21(18)26/h4-11,19,24-25H,3,12-13H2,1-2H3/t19-/m0/s1. The van der Waals surface area contributed by atoms with Gasteiger partial charge in [-0.1, -0.05) is 12.1 Å². The third-order valence-electron chi connectivity index (χ3n) is 4.72. The van der Waals surface area contributed by atoms with Crippen LogP contribution in [-0.2, 0) is 14.3 Å². The van der Waals surface area contributed by atoms with Crippen LogP contribution >= 0.6 is 0 Å². The molecule has 0 bridgehead atoms. The number of phenolic OH excluding ortho intramolecular Hbond substituents is 1. The number of hydrogen-bond donors (Lipinski definition) is 2. The number of likely N-dealkylation sites (tertiary alicyclic amines) is 1. The highest BCUT2D eigenvalue weighted by molar-refractivity contribution is 6.46. The lowest BCUT2D eigenvalue weighted by atomic mass is 9.95. The molecule has 0 saturated carbocycles. The first-order valence-corrected chi connectivity index (χ1v) is 9.27. The van der Waals surface area contributed by atoms with E-state index < -0.39 is 17.7 Å². The highest BCUT2D eigenvalue weighted by Crippen LogP contribution is 2.39. The minimum absolute atomic E-state index is 0.000882. The Balaban J connectivity index is 2.09. The lowest BCUT2D eigenvalue weighted by Gasteiger charge is -2.25. The zero-order valence-corrected chi connectivity index (χ0v) is 16.3. The number of aliphatic hydroxyl groups excluding tert-OH is 1. The van der Waals surface area contributed by atoms with Crippen LogP contribution in [-0.4, -0.2) is 53.7 Å². The van der Waals surface area contributed by atoms with Crippen molar-refractivity contribution >= 4 is 17.4 Å². The predicted octanol–water partition coefficient (Wildman–Crippen LogP) is 2.86. The summed E-state index contributed by atoms with van der Waals surface area (Å²) in [6.07, 6.45) is 0. The predicted molar refractivity (Wildman–Crippen MR) is 107 cm³/mol. The van der Waals surface area contributed by atoms with Crippen LogP contribution < -0.4 is 4.74 Å². The molecular weight excluding hydrogens is 374 g/mol. The van der Waals surface area contributed by atoms with Crippen LogP contribution in [0.2, 0.25) is 0 Å². The number of carbonyl (C=O) groups excluding carboxylic acids is 2. The van der Waals surface area contributed by atoms with Crippen molar-refractivity contribution in [2.75, 3.05) is 26.9 Å². The number of amides is 1. The van der Waals surface area contributed by atoms with Crippen LogP contribution in [0.4, 0.5) is 0 Å². The molecule has 1 amide bonds. The lowest BCUT2D eigenvalue weighted by Crippen LogP contribution is -2.32. The van der Waals surface area contributed by atoms with Crippen LogP contribution in [0.3, 0.4) is 0 Å². The smallest absolute Gasteiger partial charge is 0.295 e. The number of ether oxygens (including phenoxy) is 2. The molecule has 2 N–H and O–H groups in total. The number of hydrogen-bond acceptors (Lipinski definition) is 6. The highest BCUT2D eigenvalue weighted by atomic mass is 16.5. The Morgan fingerprint density at radius 1 is 1.07 bits per heavy atom. The number of nitrogens with zero attached hydrogens (tertiary/aromatic N) is 1. The third kappa shape index (κ3) is 4.09. The van der Waals surface area contributed by atoms with Gasteiger partial charge in [-0.05, 0) is 48.9 Å². The molecule has 1 fully saturated rings. The van der Waals surface area contributed by atoms with Crippen molar-refractivity contribution in [1.29, 1.82) is 0 Å². The zero-order valence-electron chi connectivity index (χ0n) is 16.3. The summed E-state index contributed by atoms with van der Waals surface area (Å²) in [5, 5.41) is 20.5. The van der Waals surface area contributed by atoms with Gasteiger partial charge in [0.15, 0.2) is 0 Å². The number of methoxy groups -OCH3 is 1. The molecule has 0 spiro atoms. The van der Waals surface area contributed by atoms with E-state index in [9.17, 15) is 19.8 Å². The van der Waals surface area contributed by atoms with Gasteiger partial charge in [-0.3, -0.25) is 9.59 Å². The van der Waals surface area contributed by atoms with Crippen molar-refractivity contribution < 1.29 is 29.3 Å². The summed E-state index contributed by atoms with van der Waals surface area (Å²) in [7, 11) is 1.51. The molecule has 1 saturated heterocycles. The third-order valence-corrected chi connectivity index (χ3v) is 4.72. The molecular formula is C22H23NO6. The van der Waals surface area contributed by atoms with Gasteiger partial charge >= 0.3 is 0 Å². The number of aliphatic hydroxyl groups is 1. The van der Waals surface area contributed by atoms with Crippen molar-refractivity contribution in [2.24, 2.45) is 0 Å². The van der Waals surface area contributed by atoms with Gasteiger partial charge in [0.2, 0.25) is 0 Å². The van der Waals surface area contributed by atoms with Gasteiger partial charge in [0, 0.05) is 19.2 Å². The van der Waals surface area contributed by atoms with Crippen LogP contribution in [0.15, 0.2) is 54.1 Å². The van der Waals surface area contributed by atoms with Gasteiger partial charge in [-0.25, -0.2) is 0 Å². The number of benzene rings is 2. The second-order valence-electron chi connectivity index (χ2n) is 6.53. The van der Waals surface area contributed by atoms with E-state index in [1.165, 1.54) is 24.1 Å². The maximum Gasteiger partial charge on any atom is 0.295 e. The fraction of sp³-hybridized carbons (Fsp3) is 0.273. The largest absolute Gasteiger partial charge is 0.508 e. The summed E-state index contributed by atoms with van der Waals surface area (Å²) in [6.45, 7) is 2.81. The molecule has 7 heteroatoms. The van der Waals surface area contributed by atoms with Crippen molar-refractivity contribution in [3.63, 3.8) is 0 Å². The van der Waals surface area contributed by atoms with Crippen LogP contribution in [0, 0.1) is 0 Å². The van der Waals surface area contributed by atoms with Crippen LogP contribution in [0.25, 0.3) is 5.76 Å². The fourth-order valence-electron chi connectivity index (χ4n) is 3.33. The van der Waals surface area contributed by atoms with Gasteiger partial charge < -0.3 is 24.6 Å². The molecule has 1 atom stereocenters. The lowest BCUT2D eigenvalue weighted by molar-refractivity contribution is -0.140. The van der Waals surface area contributed by atoms with E-state index in [0.29, 0.717) is 23.5 Å². The van der Waals surface area contributed by atoms with E-state index >= 15 is 0 Å². The highest BCUT2D eigenvalue weighted by Gasteiger charge is 2.45. The molecule has 2 aromatic rings. The normalized spacial score (nSPS) is 18.3. The summed E-state index contributed by atoms with van der Waals surface area (Å²) in [4.78, 5) is 26.8. The van der Waals surface area contributed by atoms with E-state index in [1.54, 1.807) is 36.4 Å². The molecule has 1 heterocycles. The number of Topliss-reactive ketones (excluding diaryl/α,β-unsaturated/α-hetero) is 1. The molecule has 3 rings (SSSR count). The molecule has 1 aliphatic heterocycles. The van der Waals surface area contributed by atoms with Crippen molar-refractivity contribution in [1.82, 2.24) is 4.90 Å². The number of aromatic hydroxyl groups is 1. The van der Waals surface area contributed by atoms with Gasteiger partial charge in [0.1, 0.15) is 17.3 Å².